The molecule has 42 heavy (non-hydrogen) atoms. The lowest BCUT2D eigenvalue weighted by atomic mass is 10.0. The van der Waals surface area contributed by atoms with Gasteiger partial charge in [0.25, 0.3) is 0 Å². The minimum Gasteiger partial charge on any atom is -0.373 e. The summed E-state index contributed by atoms with van der Waals surface area (Å²) in [5, 5.41) is 15.3. The van der Waals surface area contributed by atoms with Crippen molar-refractivity contribution in [1.82, 2.24) is 15.3 Å². The van der Waals surface area contributed by atoms with Gasteiger partial charge >= 0.3 is 12.4 Å². The zero-order chi connectivity index (χ0) is 32.0. The molecule has 2 aromatic rings. The maximum absolute atomic E-state index is 13.6. The summed E-state index contributed by atoms with van der Waals surface area (Å²) in [7, 11) is 3.15. The number of guanidine groups is 1. The van der Waals surface area contributed by atoms with Crippen molar-refractivity contribution in [3.8, 4) is 0 Å². The van der Waals surface area contributed by atoms with E-state index in [1.165, 1.54) is 11.9 Å². The molecular formula is C28H40F6N8. The van der Waals surface area contributed by atoms with Crippen molar-refractivity contribution in [2.24, 2.45) is 22.7 Å². The van der Waals surface area contributed by atoms with Crippen molar-refractivity contribution in [3.05, 3.63) is 52.1 Å². The highest BCUT2D eigenvalue weighted by atomic mass is 19.4. The molecule has 0 radical (unpaired) electrons. The molecule has 1 aromatic heterocycles. The fourth-order valence-electron chi connectivity index (χ4n) is 4.48. The lowest BCUT2D eigenvalue weighted by Crippen LogP contribution is -2.39. The lowest BCUT2D eigenvalue weighted by molar-refractivity contribution is -0.143. The monoisotopic (exact) mass is 602 g/mol. The molecular weight excluding hydrogens is 562 g/mol. The van der Waals surface area contributed by atoms with Crippen molar-refractivity contribution in [1.29, 1.82) is 5.41 Å². The van der Waals surface area contributed by atoms with Gasteiger partial charge in [0.05, 0.1) is 11.1 Å². The molecule has 14 heteroatoms. The predicted molar refractivity (Wildman–Crippen MR) is 155 cm³/mol. The summed E-state index contributed by atoms with van der Waals surface area (Å²) in [4.78, 5) is 8.29. The normalized spacial score (nSPS) is 12.6. The molecule has 2 rings (SSSR count). The molecule has 0 spiro atoms. The summed E-state index contributed by atoms with van der Waals surface area (Å²) in [5.74, 6) is 1.38. The van der Waals surface area contributed by atoms with E-state index in [2.05, 4.69) is 48.4 Å². The van der Waals surface area contributed by atoms with Crippen LogP contribution in [0.3, 0.4) is 0 Å². The number of nitrogens with zero attached hydrogens (tertiary/aromatic N) is 4. The van der Waals surface area contributed by atoms with E-state index in [-0.39, 0.29) is 41.7 Å². The molecule has 234 valence electrons. The second-order valence-corrected chi connectivity index (χ2v) is 10.9. The lowest BCUT2D eigenvalue weighted by Gasteiger charge is -2.32. The second kappa shape index (κ2) is 14.0. The molecule has 0 aliphatic heterocycles. The SMILES string of the molecule is CN/N=C(\N)N(Cc1cc(C(F)(F)F)cc(C(F)(F)F)c1)Cc1cc(C(C)=N)c(NC)nc1N(CC(C)C)CC(C)C. The van der Waals surface area contributed by atoms with Crippen LogP contribution in [-0.2, 0) is 25.4 Å². The van der Waals surface area contributed by atoms with Gasteiger partial charge in [-0.05, 0) is 48.6 Å². The van der Waals surface area contributed by atoms with Gasteiger partial charge in [0.1, 0.15) is 11.6 Å². The molecule has 1 heterocycles. The quantitative estimate of drug-likeness (QED) is 0.101. The first kappa shape index (κ1) is 34.5. The summed E-state index contributed by atoms with van der Waals surface area (Å²) in [6.45, 7) is 10.6. The van der Waals surface area contributed by atoms with E-state index < -0.39 is 30.0 Å². The van der Waals surface area contributed by atoms with E-state index in [1.807, 2.05) is 0 Å². The predicted octanol–water partition coefficient (Wildman–Crippen LogP) is 6.12. The van der Waals surface area contributed by atoms with Crippen LogP contribution >= 0.6 is 0 Å². The zero-order valence-electron chi connectivity index (χ0n) is 24.9. The van der Waals surface area contributed by atoms with Crippen molar-refractivity contribution >= 4 is 23.3 Å². The fraction of sp³-hybridized carbons (Fsp3) is 0.536. The Kier molecular flexibility index (Phi) is 11.5. The Balaban J connectivity index is 2.76. The molecule has 0 saturated heterocycles. The van der Waals surface area contributed by atoms with Crippen LogP contribution in [0, 0.1) is 17.2 Å². The van der Waals surface area contributed by atoms with Gasteiger partial charge in [0, 0.05) is 57.1 Å². The molecule has 1 aromatic carbocycles. The molecule has 0 unspecified atom stereocenters. The maximum atomic E-state index is 13.6. The number of hydrogen-bond acceptors (Lipinski definition) is 6. The number of pyridine rings is 1. The van der Waals surface area contributed by atoms with Crippen molar-refractivity contribution in [2.75, 3.05) is 37.4 Å². The van der Waals surface area contributed by atoms with Crippen LogP contribution in [0.4, 0.5) is 38.0 Å². The Morgan fingerprint density at radius 3 is 1.86 bits per heavy atom. The number of hydrazone groups is 1. The van der Waals surface area contributed by atoms with Crippen LogP contribution in [0.5, 0.6) is 0 Å². The van der Waals surface area contributed by atoms with E-state index in [0.29, 0.717) is 48.0 Å². The minimum absolute atomic E-state index is 0.0616. The highest BCUT2D eigenvalue weighted by Gasteiger charge is 2.37. The van der Waals surface area contributed by atoms with E-state index in [9.17, 15) is 26.3 Å². The number of aromatic nitrogens is 1. The minimum atomic E-state index is -4.99. The fourth-order valence-corrected chi connectivity index (χ4v) is 4.48. The molecule has 0 saturated carbocycles. The maximum Gasteiger partial charge on any atom is 0.416 e. The van der Waals surface area contributed by atoms with Crippen molar-refractivity contribution in [2.45, 2.75) is 60.1 Å². The smallest absolute Gasteiger partial charge is 0.373 e. The number of nitrogens with two attached hydrogens (primary N) is 1. The molecule has 0 fully saturated rings. The Morgan fingerprint density at radius 2 is 1.45 bits per heavy atom. The summed E-state index contributed by atoms with van der Waals surface area (Å²) in [5.41, 5.74) is 6.91. The van der Waals surface area contributed by atoms with Gasteiger partial charge in [-0.15, -0.1) is 5.10 Å². The number of rotatable bonds is 12. The first-order valence-corrected chi connectivity index (χ1v) is 13.4. The van der Waals surface area contributed by atoms with Gasteiger partial charge in [0.2, 0.25) is 5.96 Å². The molecule has 0 aliphatic rings. The highest BCUT2D eigenvalue weighted by molar-refractivity contribution is 6.01. The van der Waals surface area contributed by atoms with E-state index in [1.54, 1.807) is 20.0 Å². The van der Waals surface area contributed by atoms with E-state index in [0.717, 1.165) is 0 Å². The average molecular weight is 603 g/mol. The van der Waals surface area contributed by atoms with Crippen LogP contribution < -0.4 is 21.4 Å². The van der Waals surface area contributed by atoms with Crippen LogP contribution in [0.15, 0.2) is 29.4 Å². The topological polar surface area (TPSA) is 106 Å². The Hall–Kier alpha value is -3.71. The van der Waals surface area contributed by atoms with E-state index >= 15 is 0 Å². The van der Waals surface area contributed by atoms with Gasteiger partial charge in [-0.2, -0.15) is 26.3 Å². The summed E-state index contributed by atoms with van der Waals surface area (Å²) < 4.78 is 81.4. The summed E-state index contributed by atoms with van der Waals surface area (Å²) in [6.07, 6.45) is -9.98. The third-order valence-electron chi connectivity index (χ3n) is 6.12. The second-order valence-electron chi connectivity index (χ2n) is 10.9. The first-order valence-electron chi connectivity index (χ1n) is 13.4. The van der Waals surface area contributed by atoms with Gasteiger partial charge < -0.3 is 31.7 Å². The standard InChI is InChI=1S/C28H40F6N8/c1-16(2)12-41(13-17(3)4)25-20(10-23(18(5)35)24(37-6)39-25)15-42(26(36)40-38-7)14-19-8-21(27(29,30)31)11-22(9-19)28(32,33)34/h8-11,16-17,35,38H,12-15H2,1-7H3,(H2,36,40)(H,37,39). The van der Waals surface area contributed by atoms with Gasteiger partial charge in [-0.3, -0.25) is 0 Å². The number of hydrogen-bond donors (Lipinski definition) is 4. The number of alkyl halides is 6. The molecule has 8 nitrogen and oxygen atoms in total. The Labute approximate surface area is 242 Å². The zero-order valence-corrected chi connectivity index (χ0v) is 24.9. The number of benzene rings is 1. The van der Waals surface area contributed by atoms with Gasteiger partial charge in [-0.25, -0.2) is 4.98 Å². The van der Waals surface area contributed by atoms with Crippen LogP contribution in [-0.4, -0.2) is 48.7 Å². The Morgan fingerprint density at radius 1 is 0.929 bits per heavy atom. The van der Waals surface area contributed by atoms with Crippen molar-refractivity contribution in [3.63, 3.8) is 0 Å². The molecule has 0 amide bonds. The van der Waals surface area contributed by atoms with Crippen LogP contribution in [0.2, 0.25) is 0 Å². The highest BCUT2D eigenvalue weighted by Crippen LogP contribution is 2.37. The van der Waals surface area contributed by atoms with Gasteiger partial charge in [0.15, 0.2) is 0 Å². The third-order valence-corrected chi connectivity index (χ3v) is 6.12. The molecule has 0 atom stereocenters. The van der Waals surface area contributed by atoms with E-state index in [4.69, 9.17) is 16.1 Å². The Bertz CT molecular complexity index is 1210. The summed E-state index contributed by atoms with van der Waals surface area (Å²) >= 11 is 0. The average Bonchev–Trinajstić information content (AvgIpc) is 2.86. The van der Waals surface area contributed by atoms with Crippen LogP contribution in [0.1, 0.15) is 62.4 Å². The largest absolute Gasteiger partial charge is 0.416 e. The molecule has 0 aliphatic carbocycles. The number of nitrogens with one attached hydrogen (secondary N) is 3. The molecule has 5 N–H and O–H groups in total. The van der Waals surface area contributed by atoms with Gasteiger partial charge in [-0.1, -0.05) is 27.7 Å². The van der Waals surface area contributed by atoms with Crippen molar-refractivity contribution < 1.29 is 26.3 Å². The van der Waals surface area contributed by atoms with Crippen LogP contribution in [0.25, 0.3) is 0 Å². The molecule has 0 bridgehead atoms. The summed E-state index contributed by atoms with van der Waals surface area (Å²) in [6, 6.07) is 3.19. The number of anilines is 2. The number of halogens is 6. The first-order chi connectivity index (χ1) is 19.4. The third kappa shape index (κ3) is 9.41.